The van der Waals surface area contributed by atoms with Crippen molar-refractivity contribution in [3.8, 4) is 0 Å². The smallest absolute Gasteiger partial charge is 0.137 e. The zero-order valence-electron chi connectivity index (χ0n) is 14.7. The van der Waals surface area contributed by atoms with Crippen molar-refractivity contribution in [3.05, 3.63) is 53.1 Å². The van der Waals surface area contributed by atoms with Gasteiger partial charge in [-0.1, -0.05) is 30.3 Å². The second-order valence-corrected chi connectivity index (χ2v) is 7.01. The molecule has 0 spiro atoms. The maximum Gasteiger partial charge on any atom is 0.137 e. The number of hydrogen-bond donors (Lipinski definition) is 1. The molecule has 4 rings (SSSR count). The zero-order valence-corrected chi connectivity index (χ0v) is 14.7. The van der Waals surface area contributed by atoms with E-state index in [1.165, 1.54) is 10.9 Å². The van der Waals surface area contributed by atoms with Gasteiger partial charge in [-0.05, 0) is 13.0 Å². The number of nitrogens with zero attached hydrogens (tertiary/aromatic N) is 2. The number of furan rings is 1. The van der Waals surface area contributed by atoms with Crippen molar-refractivity contribution in [3.63, 3.8) is 0 Å². The lowest BCUT2D eigenvalue weighted by Gasteiger charge is -2.15. The van der Waals surface area contributed by atoms with Gasteiger partial charge in [-0.3, -0.25) is 4.90 Å². The van der Waals surface area contributed by atoms with E-state index < -0.39 is 0 Å². The number of β-amino-alcohol motifs (C(OH)–C–C–N with tert-alkyl or cyclic N) is 1. The number of para-hydroxylation sites is 1. The molecule has 1 aromatic carbocycles. The van der Waals surface area contributed by atoms with Crippen LogP contribution in [0.4, 0.5) is 0 Å². The van der Waals surface area contributed by atoms with Crippen molar-refractivity contribution in [1.29, 1.82) is 0 Å². The van der Waals surface area contributed by atoms with Crippen molar-refractivity contribution in [1.82, 2.24) is 10.1 Å². The highest BCUT2D eigenvalue weighted by Crippen LogP contribution is 2.30. The molecule has 5 nitrogen and oxygen atoms in total. The van der Waals surface area contributed by atoms with E-state index in [2.05, 4.69) is 29.1 Å². The Kier molecular flexibility index (Phi) is 4.36. The summed E-state index contributed by atoms with van der Waals surface area (Å²) in [5, 5.41) is 15.6. The SMILES string of the molecule is CCc1oc2ccccc2c1CN1C[C@@H](Cc2cc(C)no2)[C@H](O)C1. The van der Waals surface area contributed by atoms with Gasteiger partial charge in [0.15, 0.2) is 0 Å². The fourth-order valence-corrected chi connectivity index (χ4v) is 3.87. The zero-order chi connectivity index (χ0) is 17.4. The number of aryl methyl sites for hydroxylation is 2. The monoisotopic (exact) mass is 340 g/mol. The van der Waals surface area contributed by atoms with E-state index in [1.54, 1.807) is 0 Å². The Hall–Kier alpha value is -2.11. The molecule has 2 atom stereocenters. The molecule has 1 N–H and O–H groups in total. The van der Waals surface area contributed by atoms with E-state index in [9.17, 15) is 5.11 Å². The minimum Gasteiger partial charge on any atom is -0.461 e. The second kappa shape index (κ2) is 6.65. The summed E-state index contributed by atoms with van der Waals surface area (Å²) in [4.78, 5) is 2.31. The minimum atomic E-state index is -0.339. The fourth-order valence-electron chi connectivity index (χ4n) is 3.87. The van der Waals surface area contributed by atoms with Crippen molar-refractivity contribution in [2.24, 2.45) is 5.92 Å². The standard InChI is InChI=1S/C20H24N2O3/c1-3-19-17(16-6-4-5-7-20(16)24-19)11-22-10-14(18(23)12-22)9-15-8-13(2)21-25-15/h4-8,14,18,23H,3,9-12H2,1-2H3/t14-,18-/m1/s1. The lowest BCUT2D eigenvalue weighted by molar-refractivity contribution is 0.137. The molecule has 1 aliphatic heterocycles. The molecule has 0 bridgehead atoms. The number of hydrogen-bond acceptors (Lipinski definition) is 5. The molecule has 5 heteroatoms. The molecular weight excluding hydrogens is 316 g/mol. The summed E-state index contributed by atoms with van der Waals surface area (Å²) in [6.07, 6.45) is 1.26. The Morgan fingerprint density at radius 3 is 2.88 bits per heavy atom. The average Bonchev–Trinajstić information content (AvgIpc) is 3.27. The largest absolute Gasteiger partial charge is 0.461 e. The molecule has 132 valence electrons. The van der Waals surface area contributed by atoms with Crippen molar-refractivity contribution in [2.45, 2.75) is 39.3 Å². The lowest BCUT2D eigenvalue weighted by Crippen LogP contribution is -2.21. The van der Waals surface area contributed by atoms with E-state index in [-0.39, 0.29) is 12.0 Å². The first-order valence-electron chi connectivity index (χ1n) is 8.96. The van der Waals surface area contributed by atoms with Crippen LogP contribution in [0.3, 0.4) is 0 Å². The van der Waals surface area contributed by atoms with E-state index in [1.807, 2.05) is 25.1 Å². The normalized spacial score (nSPS) is 21.4. The molecule has 0 aliphatic carbocycles. The lowest BCUT2D eigenvalue weighted by atomic mass is 10.0. The highest BCUT2D eigenvalue weighted by atomic mass is 16.5. The average molecular weight is 340 g/mol. The van der Waals surface area contributed by atoms with Crippen LogP contribution in [-0.4, -0.2) is 34.4 Å². The van der Waals surface area contributed by atoms with Crippen LogP contribution in [0, 0.1) is 12.8 Å². The maximum absolute atomic E-state index is 10.5. The van der Waals surface area contributed by atoms with E-state index in [4.69, 9.17) is 8.94 Å². The third-order valence-corrected chi connectivity index (χ3v) is 5.11. The molecule has 0 saturated carbocycles. The molecule has 3 heterocycles. The van der Waals surface area contributed by atoms with Crippen LogP contribution in [-0.2, 0) is 19.4 Å². The summed E-state index contributed by atoms with van der Waals surface area (Å²) in [5.74, 6) is 2.08. The van der Waals surface area contributed by atoms with Gasteiger partial charge in [0, 0.05) is 55.4 Å². The first-order chi connectivity index (χ1) is 12.1. The van der Waals surface area contributed by atoms with E-state index in [0.29, 0.717) is 6.54 Å². The molecule has 0 radical (unpaired) electrons. The van der Waals surface area contributed by atoms with Crippen LogP contribution >= 0.6 is 0 Å². The van der Waals surface area contributed by atoms with Crippen LogP contribution in [0.25, 0.3) is 11.0 Å². The summed E-state index contributed by atoms with van der Waals surface area (Å²) in [7, 11) is 0. The van der Waals surface area contributed by atoms with Crippen LogP contribution in [0.2, 0.25) is 0 Å². The fraction of sp³-hybridized carbons (Fsp3) is 0.450. The summed E-state index contributed by atoms with van der Waals surface area (Å²) in [6, 6.07) is 10.1. The number of aliphatic hydroxyl groups is 1. The topological polar surface area (TPSA) is 62.6 Å². The number of benzene rings is 1. The van der Waals surface area contributed by atoms with Gasteiger partial charge in [0.25, 0.3) is 0 Å². The predicted molar refractivity (Wildman–Crippen MR) is 95.3 cm³/mol. The number of aliphatic hydroxyl groups excluding tert-OH is 1. The maximum atomic E-state index is 10.5. The Bertz CT molecular complexity index is 867. The Morgan fingerprint density at radius 2 is 2.12 bits per heavy atom. The number of rotatable bonds is 5. The van der Waals surface area contributed by atoms with Gasteiger partial charge in [-0.25, -0.2) is 0 Å². The second-order valence-electron chi connectivity index (χ2n) is 7.01. The molecule has 0 unspecified atom stereocenters. The Morgan fingerprint density at radius 1 is 1.28 bits per heavy atom. The molecule has 1 saturated heterocycles. The quantitative estimate of drug-likeness (QED) is 0.772. The third-order valence-electron chi connectivity index (χ3n) is 5.11. The third kappa shape index (κ3) is 3.22. The van der Waals surface area contributed by atoms with Crippen molar-refractivity contribution in [2.75, 3.05) is 13.1 Å². The Labute approximate surface area is 147 Å². The van der Waals surface area contributed by atoms with Gasteiger partial charge in [0.2, 0.25) is 0 Å². The summed E-state index contributed by atoms with van der Waals surface area (Å²) in [6.45, 7) is 6.38. The van der Waals surface area contributed by atoms with Crippen molar-refractivity contribution < 1.29 is 14.0 Å². The van der Waals surface area contributed by atoms with Gasteiger partial charge >= 0.3 is 0 Å². The molecular formula is C20H24N2O3. The number of fused-ring (bicyclic) bond motifs is 1. The van der Waals surface area contributed by atoms with Gasteiger partial charge < -0.3 is 14.0 Å². The molecule has 1 aliphatic rings. The summed E-state index contributed by atoms with van der Waals surface area (Å²) >= 11 is 0. The highest BCUT2D eigenvalue weighted by Gasteiger charge is 2.33. The molecule has 1 fully saturated rings. The van der Waals surface area contributed by atoms with Gasteiger partial charge in [-0.15, -0.1) is 0 Å². The van der Waals surface area contributed by atoms with Gasteiger partial charge in [0.1, 0.15) is 17.1 Å². The molecule has 2 aromatic heterocycles. The first kappa shape index (κ1) is 16.4. The van der Waals surface area contributed by atoms with Crippen LogP contribution in [0.15, 0.2) is 39.3 Å². The van der Waals surface area contributed by atoms with Gasteiger partial charge in [-0.2, -0.15) is 0 Å². The highest BCUT2D eigenvalue weighted by molar-refractivity contribution is 5.82. The van der Waals surface area contributed by atoms with Crippen LogP contribution in [0.5, 0.6) is 0 Å². The summed E-state index contributed by atoms with van der Waals surface area (Å²) in [5.41, 5.74) is 3.08. The molecule has 25 heavy (non-hydrogen) atoms. The predicted octanol–water partition coefficient (Wildman–Crippen LogP) is 3.33. The van der Waals surface area contributed by atoms with Crippen molar-refractivity contribution >= 4 is 11.0 Å². The first-order valence-corrected chi connectivity index (χ1v) is 8.96. The summed E-state index contributed by atoms with van der Waals surface area (Å²) < 4.78 is 11.3. The number of likely N-dealkylation sites (tertiary alicyclic amines) is 1. The number of aromatic nitrogens is 1. The van der Waals surface area contributed by atoms with Gasteiger partial charge in [0.05, 0.1) is 11.8 Å². The molecule has 0 amide bonds. The Balaban J connectivity index is 1.50. The van der Waals surface area contributed by atoms with E-state index >= 15 is 0 Å². The minimum absolute atomic E-state index is 0.176. The van der Waals surface area contributed by atoms with Crippen LogP contribution < -0.4 is 0 Å². The molecule has 3 aromatic rings. The van der Waals surface area contributed by atoms with Crippen LogP contribution in [0.1, 0.15) is 29.7 Å². The van der Waals surface area contributed by atoms with E-state index in [0.717, 1.165) is 48.7 Å².